The Hall–Kier alpha value is -2.83. The number of benzene rings is 1. The van der Waals surface area contributed by atoms with Crippen molar-refractivity contribution in [3.63, 3.8) is 0 Å². The van der Waals surface area contributed by atoms with Crippen LogP contribution in [-0.4, -0.2) is 33.2 Å². The lowest BCUT2D eigenvalue weighted by molar-refractivity contribution is 0.0727. The van der Waals surface area contributed by atoms with Crippen molar-refractivity contribution in [2.75, 3.05) is 6.54 Å². The summed E-state index contributed by atoms with van der Waals surface area (Å²) in [5.74, 6) is -1.76. The third kappa shape index (κ3) is 2.52. The first-order valence-electron chi connectivity index (χ1n) is 6.74. The first kappa shape index (κ1) is 14.1. The van der Waals surface area contributed by atoms with Crippen molar-refractivity contribution in [2.45, 2.75) is 13.0 Å². The van der Waals surface area contributed by atoms with E-state index >= 15 is 0 Å². The number of fused-ring (bicyclic) bond motifs is 1. The molecule has 0 atom stereocenters. The molecule has 1 aliphatic heterocycles. The van der Waals surface area contributed by atoms with Crippen LogP contribution in [0.3, 0.4) is 0 Å². The summed E-state index contributed by atoms with van der Waals surface area (Å²) in [6.07, 6.45) is 2.10. The van der Waals surface area contributed by atoms with E-state index in [1.165, 1.54) is 23.1 Å². The van der Waals surface area contributed by atoms with Crippen LogP contribution in [0.5, 0.6) is 0 Å². The first-order valence-corrected chi connectivity index (χ1v) is 6.74. The Labute approximate surface area is 125 Å². The van der Waals surface area contributed by atoms with Gasteiger partial charge in [0.15, 0.2) is 0 Å². The first-order chi connectivity index (χ1) is 10.6. The molecule has 22 heavy (non-hydrogen) atoms. The zero-order valence-electron chi connectivity index (χ0n) is 11.6. The molecule has 2 heterocycles. The zero-order valence-corrected chi connectivity index (χ0v) is 11.6. The van der Waals surface area contributed by atoms with Crippen molar-refractivity contribution in [3.05, 3.63) is 58.9 Å². The van der Waals surface area contributed by atoms with E-state index in [9.17, 15) is 14.0 Å². The highest BCUT2D eigenvalue weighted by molar-refractivity contribution is 5.94. The average Bonchev–Trinajstić information content (AvgIpc) is 2.53. The molecule has 0 unspecified atom stereocenters. The molecule has 0 saturated carbocycles. The SMILES string of the molecule is NC(=O)c1ncc2c(n1)CN(C(=O)c1ccccc1F)CC2. The molecular formula is C15H13FN4O2. The van der Waals surface area contributed by atoms with E-state index in [1.54, 1.807) is 12.3 Å². The number of nitrogens with zero attached hydrogens (tertiary/aromatic N) is 3. The highest BCUT2D eigenvalue weighted by atomic mass is 19.1. The summed E-state index contributed by atoms with van der Waals surface area (Å²) in [6, 6.07) is 5.84. The van der Waals surface area contributed by atoms with Crippen LogP contribution in [-0.2, 0) is 13.0 Å². The molecule has 2 amide bonds. The Morgan fingerprint density at radius 3 is 2.77 bits per heavy atom. The molecular weight excluding hydrogens is 287 g/mol. The summed E-state index contributed by atoms with van der Waals surface area (Å²) in [6.45, 7) is 0.644. The van der Waals surface area contributed by atoms with Gasteiger partial charge in [-0.3, -0.25) is 9.59 Å². The van der Waals surface area contributed by atoms with Crippen molar-refractivity contribution in [2.24, 2.45) is 5.73 Å². The molecule has 1 aromatic heterocycles. The summed E-state index contributed by atoms with van der Waals surface area (Å²) in [5.41, 5.74) is 6.61. The molecule has 0 spiro atoms. The van der Waals surface area contributed by atoms with Gasteiger partial charge in [0.05, 0.1) is 17.8 Å². The lowest BCUT2D eigenvalue weighted by Crippen LogP contribution is -2.37. The number of hydrogen-bond acceptors (Lipinski definition) is 4. The Balaban J connectivity index is 1.87. The van der Waals surface area contributed by atoms with Crippen LogP contribution in [0.25, 0.3) is 0 Å². The predicted molar refractivity (Wildman–Crippen MR) is 75.4 cm³/mol. The molecule has 1 aromatic carbocycles. The molecule has 0 bridgehead atoms. The van der Waals surface area contributed by atoms with Gasteiger partial charge in [-0.15, -0.1) is 0 Å². The largest absolute Gasteiger partial charge is 0.363 e. The fraction of sp³-hybridized carbons (Fsp3) is 0.200. The molecule has 3 rings (SSSR count). The Bertz CT molecular complexity index is 763. The van der Waals surface area contributed by atoms with E-state index in [4.69, 9.17) is 5.73 Å². The maximum Gasteiger partial charge on any atom is 0.286 e. The quantitative estimate of drug-likeness (QED) is 0.893. The van der Waals surface area contributed by atoms with E-state index in [0.717, 1.165) is 5.56 Å². The van der Waals surface area contributed by atoms with E-state index in [0.29, 0.717) is 18.7 Å². The number of carbonyl (C=O) groups is 2. The Morgan fingerprint density at radius 2 is 2.05 bits per heavy atom. The van der Waals surface area contributed by atoms with Crippen LogP contribution < -0.4 is 5.73 Å². The predicted octanol–water partition coefficient (Wildman–Crippen LogP) is 0.913. The third-order valence-electron chi connectivity index (χ3n) is 3.56. The van der Waals surface area contributed by atoms with Crippen molar-refractivity contribution in [1.82, 2.24) is 14.9 Å². The summed E-state index contributed by atoms with van der Waals surface area (Å²) in [5, 5.41) is 0. The summed E-state index contributed by atoms with van der Waals surface area (Å²) in [7, 11) is 0. The van der Waals surface area contributed by atoms with Gasteiger partial charge < -0.3 is 10.6 Å². The molecule has 2 aromatic rings. The lowest BCUT2D eigenvalue weighted by Gasteiger charge is -2.28. The fourth-order valence-electron chi connectivity index (χ4n) is 2.40. The number of rotatable bonds is 2. The van der Waals surface area contributed by atoms with Crippen LogP contribution >= 0.6 is 0 Å². The second kappa shape index (κ2) is 5.51. The number of carbonyl (C=O) groups excluding carboxylic acids is 2. The molecule has 6 nitrogen and oxygen atoms in total. The van der Waals surface area contributed by atoms with Gasteiger partial charge in [-0.05, 0) is 24.1 Å². The second-order valence-corrected chi connectivity index (χ2v) is 4.99. The highest BCUT2D eigenvalue weighted by Gasteiger charge is 2.25. The third-order valence-corrected chi connectivity index (χ3v) is 3.56. The summed E-state index contributed by atoms with van der Waals surface area (Å²) in [4.78, 5) is 33.0. The Morgan fingerprint density at radius 1 is 1.27 bits per heavy atom. The zero-order chi connectivity index (χ0) is 15.7. The van der Waals surface area contributed by atoms with Crippen molar-refractivity contribution in [3.8, 4) is 0 Å². The van der Waals surface area contributed by atoms with Crippen molar-refractivity contribution in [1.29, 1.82) is 0 Å². The van der Waals surface area contributed by atoms with Gasteiger partial charge in [-0.1, -0.05) is 12.1 Å². The molecule has 7 heteroatoms. The van der Waals surface area contributed by atoms with Gasteiger partial charge in [0.2, 0.25) is 5.82 Å². The second-order valence-electron chi connectivity index (χ2n) is 4.99. The fourth-order valence-corrected chi connectivity index (χ4v) is 2.40. The molecule has 112 valence electrons. The Kier molecular flexibility index (Phi) is 3.54. The standard InChI is InChI=1S/C15H13FN4O2/c16-11-4-2-1-3-10(11)15(22)20-6-5-9-7-18-14(13(17)21)19-12(9)8-20/h1-4,7H,5-6,8H2,(H2,17,21). The minimum absolute atomic E-state index is 0.0233. The molecule has 2 N–H and O–H groups in total. The number of hydrogen-bond donors (Lipinski definition) is 1. The number of aromatic nitrogens is 2. The number of halogens is 1. The minimum atomic E-state index is -0.722. The molecule has 0 fully saturated rings. The normalized spacial score (nSPS) is 13.6. The van der Waals surface area contributed by atoms with Crippen molar-refractivity contribution >= 4 is 11.8 Å². The summed E-state index contributed by atoms with van der Waals surface area (Å²) >= 11 is 0. The van der Waals surface area contributed by atoms with Gasteiger partial charge >= 0.3 is 0 Å². The topological polar surface area (TPSA) is 89.2 Å². The van der Waals surface area contributed by atoms with E-state index < -0.39 is 17.6 Å². The minimum Gasteiger partial charge on any atom is -0.363 e. The maximum atomic E-state index is 13.7. The van der Waals surface area contributed by atoms with Gasteiger partial charge in [-0.25, -0.2) is 14.4 Å². The van der Waals surface area contributed by atoms with Crippen LogP contribution in [0.4, 0.5) is 4.39 Å². The van der Waals surface area contributed by atoms with E-state index in [-0.39, 0.29) is 17.9 Å². The van der Waals surface area contributed by atoms with Gasteiger partial charge in [0.25, 0.3) is 11.8 Å². The van der Waals surface area contributed by atoms with E-state index in [2.05, 4.69) is 9.97 Å². The molecule has 0 aliphatic carbocycles. The van der Waals surface area contributed by atoms with Crippen molar-refractivity contribution < 1.29 is 14.0 Å². The molecule has 0 saturated heterocycles. The van der Waals surface area contributed by atoms with Gasteiger partial charge in [0, 0.05) is 12.7 Å². The van der Waals surface area contributed by atoms with Gasteiger partial charge in [-0.2, -0.15) is 0 Å². The smallest absolute Gasteiger partial charge is 0.286 e. The molecule has 0 radical (unpaired) electrons. The van der Waals surface area contributed by atoms with E-state index in [1.807, 2.05) is 0 Å². The number of amides is 2. The molecule has 1 aliphatic rings. The van der Waals surface area contributed by atoms with Crippen LogP contribution in [0.2, 0.25) is 0 Å². The number of nitrogens with two attached hydrogens (primary N) is 1. The lowest BCUT2D eigenvalue weighted by atomic mass is 10.1. The average molecular weight is 300 g/mol. The van der Waals surface area contributed by atoms with Crippen LogP contribution in [0.1, 0.15) is 32.2 Å². The monoisotopic (exact) mass is 300 g/mol. The van der Waals surface area contributed by atoms with Crippen LogP contribution in [0, 0.1) is 5.82 Å². The number of primary amides is 1. The summed E-state index contributed by atoms with van der Waals surface area (Å²) < 4.78 is 13.7. The van der Waals surface area contributed by atoms with Gasteiger partial charge in [0.1, 0.15) is 5.82 Å². The highest BCUT2D eigenvalue weighted by Crippen LogP contribution is 2.19. The maximum absolute atomic E-state index is 13.7. The van der Waals surface area contributed by atoms with Crippen LogP contribution in [0.15, 0.2) is 30.5 Å².